The Morgan fingerprint density at radius 2 is 2.33 bits per heavy atom. The fourth-order valence-electron chi connectivity index (χ4n) is 1.65. The number of hydrogen-bond acceptors (Lipinski definition) is 4. The first-order valence-electron chi connectivity index (χ1n) is 5.33. The van der Waals surface area contributed by atoms with Crippen molar-refractivity contribution >= 4 is 17.0 Å². The Hall–Kier alpha value is -2.55. The van der Waals surface area contributed by atoms with Gasteiger partial charge < -0.3 is 9.32 Å². The molecule has 2 rings (SSSR count). The van der Waals surface area contributed by atoms with Crippen LogP contribution >= 0.6 is 0 Å². The number of rotatable bonds is 3. The van der Waals surface area contributed by atoms with Gasteiger partial charge in [-0.2, -0.15) is 5.26 Å². The Morgan fingerprint density at radius 3 is 3.06 bits per heavy atom. The number of aromatic nitrogens is 1. The molecule has 0 atom stereocenters. The molecule has 0 fully saturated rings. The molecule has 0 spiro atoms. The number of benzene rings is 1. The first-order valence-corrected chi connectivity index (χ1v) is 5.33. The van der Waals surface area contributed by atoms with E-state index in [2.05, 4.69) is 4.98 Å². The molecule has 1 aromatic heterocycles. The summed E-state index contributed by atoms with van der Waals surface area (Å²) in [6.45, 7) is 0.366. The van der Waals surface area contributed by atoms with Gasteiger partial charge in [-0.05, 0) is 17.7 Å². The Morgan fingerprint density at radius 1 is 1.56 bits per heavy atom. The third-order valence-electron chi connectivity index (χ3n) is 2.56. The van der Waals surface area contributed by atoms with E-state index >= 15 is 0 Å². The summed E-state index contributed by atoms with van der Waals surface area (Å²) in [7, 11) is 1.62. The lowest BCUT2D eigenvalue weighted by Gasteiger charge is -2.15. The smallest absolute Gasteiger partial charge is 0.408 e. The predicted octanol–water partition coefficient (Wildman–Crippen LogP) is 0.993. The third-order valence-corrected chi connectivity index (χ3v) is 2.56. The van der Waals surface area contributed by atoms with Gasteiger partial charge in [-0.3, -0.25) is 9.78 Å². The zero-order valence-electron chi connectivity index (χ0n) is 9.77. The van der Waals surface area contributed by atoms with Crippen molar-refractivity contribution in [3.05, 3.63) is 34.3 Å². The highest BCUT2D eigenvalue weighted by Gasteiger charge is 2.09. The molecule has 1 heterocycles. The largest absolute Gasteiger partial charge is 0.417 e. The molecule has 0 unspecified atom stereocenters. The lowest BCUT2D eigenvalue weighted by molar-refractivity contribution is -0.129. The standard InChI is InChI=1S/C12H11N3O3/c1-15(11(16)4-5-13)7-8-2-3-9-10(6-8)18-12(17)14-9/h2-3,6H,4,7H2,1H3,(H,14,17). The maximum atomic E-state index is 11.4. The Bertz CT molecular complexity index is 678. The van der Waals surface area contributed by atoms with Gasteiger partial charge in [-0.15, -0.1) is 0 Å². The quantitative estimate of drug-likeness (QED) is 0.873. The van der Waals surface area contributed by atoms with Crippen molar-refractivity contribution in [3.63, 3.8) is 0 Å². The fourth-order valence-corrected chi connectivity index (χ4v) is 1.65. The van der Waals surface area contributed by atoms with E-state index in [0.717, 1.165) is 5.56 Å². The number of aromatic amines is 1. The van der Waals surface area contributed by atoms with Crippen LogP contribution in [0.25, 0.3) is 11.1 Å². The molecule has 1 aromatic carbocycles. The van der Waals surface area contributed by atoms with Crippen LogP contribution in [0.4, 0.5) is 0 Å². The van der Waals surface area contributed by atoms with E-state index in [1.165, 1.54) is 4.90 Å². The molecule has 6 heteroatoms. The van der Waals surface area contributed by atoms with E-state index < -0.39 is 5.76 Å². The molecular formula is C12H11N3O3. The number of amides is 1. The molecule has 92 valence electrons. The minimum atomic E-state index is -0.504. The first kappa shape index (κ1) is 11.9. The van der Waals surface area contributed by atoms with Crippen molar-refractivity contribution in [2.24, 2.45) is 0 Å². The Kier molecular flexibility index (Phi) is 3.15. The number of nitrogens with zero attached hydrogens (tertiary/aromatic N) is 2. The number of oxazole rings is 1. The monoisotopic (exact) mass is 245 g/mol. The van der Waals surface area contributed by atoms with E-state index in [9.17, 15) is 9.59 Å². The van der Waals surface area contributed by atoms with Crippen molar-refractivity contribution in [3.8, 4) is 6.07 Å². The second-order valence-electron chi connectivity index (χ2n) is 3.93. The highest BCUT2D eigenvalue weighted by Crippen LogP contribution is 2.13. The van der Waals surface area contributed by atoms with Crippen LogP contribution in [0.2, 0.25) is 0 Å². The van der Waals surface area contributed by atoms with Gasteiger partial charge in [0.2, 0.25) is 5.91 Å². The van der Waals surface area contributed by atoms with E-state index in [-0.39, 0.29) is 12.3 Å². The highest BCUT2D eigenvalue weighted by molar-refractivity contribution is 5.78. The Labute approximate surface area is 102 Å². The SMILES string of the molecule is CN(Cc1ccc2[nH]c(=O)oc2c1)C(=O)CC#N. The van der Waals surface area contributed by atoms with Gasteiger partial charge in [0.25, 0.3) is 0 Å². The maximum absolute atomic E-state index is 11.4. The van der Waals surface area contributed by atoms with Gasteiger partial charge >= 0.3 is 5.76 Å². The number of fused-ring (bicyclic) bond motifs is 1. The van der Waals surface area contributed by atoms with Crippen molar-refractivity contribution in [1.29, 1.82) is 5.26 Å². The average molecular weight is 245 g/mol. The molecular weight excluding hydrogens is 234 g/mol. The molecule has 1 N–H and O–H groups in total. The van der Waals surface area contributed by atoms with E-state index in [0.29, 0.717) is 17.6 Å². The number of H-pyrrole nitrogens is 1. The second kappa shape index (κ2) is 4.75. The van der Waals surface area contributed by atoms with Gasteiger partial charge in [0.05, 0.1) is 11.6 Å². The third kappa shape index (κ3) is 2.40. The molecule has 0 aliphatic carbocycles. The molecule has 0 radical (unpaired) electrons. The summed E-state index contributed by atoms with van der Waals surface area (Å²) >= 11 is 0. The number of carbonyl (C=O) groups excluding carboxylic acids is 1. The zero-order valence-corrected chi connectivity index (χ0v) is 9.77. The summed E-state index contributed by atoms with van der Waals surface area (Å²) in [6, 6.07) is 7.02. The van der Waals surface area contributed by atoms with Crippen LogP contribution in [-0.4, -0.2) is 22.8 Å². The minimum absolute atomic E-state index is 0.141. The van der Waals surface area contributed by atoms with E-state index in [4.69, 9.17) is 9.68 Å². The van der Waals surface area contributed by atoms with Crippen LogP contribution in [0.15, 0.2) is 27.4 Å². The van der Waals surface area contributed by atoms with Gasteiger partial charge in [-0.1, -0.05) is 6.07 Å². The lowest BCUT2D eigenvalue weighted by Crippen LogP contribution is -2.25. The summed E-state index contributed by atoms with van der Waals surface area (Å²) in [6.07, 6.45) is -0.141. The van der Waals surface area contributed by atoms with Crippen LogP contribution in [-0.2, 0) is 11.3 Å². The molecule has 1 amide bonds. The number of nitrogens with one attached hydrogen (secondary N) is 1. The molecule has 0 bridgehead atoms. The van der Waals surface area contributed by atoms with Crippen LogP contribution < -0.4 is 5.76 Å². The van der Waals surface area contributed by atoms with Gasteiger partial charge in [0.1, 0.15) is 6.42 Å². The number of carbonyl (C=O) groups is 1. The Balaban J connectivity index is 2.19. The molecule has 0 saturated carbocycles. The molecule has 0 aliphatic rings. The van der Waals surface area contributed by atoms with Gasteiger partial charge in [0.15, 0.2) is 5.58 Å². The summed E-state index contributed by atoms with van der Waals surface area (Å²) in [4.78, 5) is 26.4. The van der Waals surface area contributed by atoms with Crippen LogP contribution in [0, 0.1) is 11.3 Å². The van der Waals surface area contributed by atoms with Crippen LogP contribution in [0.3, 0.4) is 0 Å². The molecule has 2 aromatic rings. The highest BCUT2D eigenvalue weighted by atomic mass is 16.4. The zero-order chi connectivity index (χ0) is 13.1. The second-order valence-corrected chi connectivity index (χ2v) is 3.93. The lowest BCUT2D eigenvalue weighted by atomic mass is 10.2. The average Bonchev–Trinajstić information content (AvgIpc) is 2.68. The summed E-state index contributed by atoms with van der Waals surface area (Å²) in [5, 5.41) is 8.44. The maximum Gasteiger partial charge on any atom is 0.417 e. The fraction of sp³-hybridized carbons (Fsp3) is 0.250. The van der Waals surface area contributed by atoms with Crippen molar-refractivity contribution in [2.75, 3.05) is 7.05 Å². The van der Waals surface area contributed by atoms with Gasteiger partial charge in [0, 0.05) is 13.6 Å². The minimum Gasteiger partial charge on any atom is -0.408 e. The van der Waals surface area contributed by atoms with E-state index in [1.807, 2.05) is 6.07 Å². The normalized spacial score (nSPS) is 10.2. The topological polar surface area (TPSA) is 90.1 Å². The van der Waals surface area contributed by atoms with Gasteiger partial charge in [-0.25, -0.2) is 4.79 Å². The molecule has 0 aliphatic heterocycles. The van der Waals surface area contributed by atoms with Crippen LogP contribution in [0.1, 0.15) is 12.0 Å². The molecule has 6 nitrogen and oxygen atoms in total. The molecule has 0 saturated heterocycles. The molecule has 18 heavy (non-hydrogen) atoms. The first-order chi connectivity index (χ1) is 8.60. The van der Waals surface area contributed by atoms with Crippen molar-refractivity contribution in [2.45, 2.75) is 13.0 Å². The summed E-state index contributed by atoms with van der Waals surface area (Å²) in [5.74, 6) is -0.746. The number of hydrogen-bond donors (Lipinski definition) is 1. The number of nitriles is 1. The summed E-state index contributed by atoms with van der Waals surface area (Å²) < 4.78 is 4.93. The predicted molar refractivity (Wildman–Crippen MR) is 63.5 cm³/mol. The van der Waals surface area contributed by atoms with Crippen LogP contribution in [0.5, 0.6) is 0 Å². The van der Waals surface area contributed by atoms with E-state index in [1.54, 1.807) is 25.2 Å². The van der Waals surface area contributed by atoms with Crippen molar-refractivity contribution in [1.82, 2.24) is 9.88 Å². The van der Waals surface area contributed by atoms with Crippen molar-refractivity contribution < 1.29 is 9.21 Å². The summed E-state index contributed by atoms with van der Waals surface area (Å²) in [5.41, 5.74) is 1.91.